The van der Waals surface area contributed by atoms with Gasteiger partial charge in [-0.3, -0.25) is 5.10 Å². The fraction of sp³-hybridized carbons (Fsp3) is 0. The maximum absolute atomic E-state index is 11.4. The molecule has 16 heavy (non-hydrogen) atoms. The van der Waals surface area contributed by atoms with Crippen LogP contribution in [-0.2, 0) is 10.0 Å². The lowest BCUT2D eigenvalue weighted by Gasteiger charge is -2.08. The monoisotopic (exact) mass is 238 g/mol. The summed E-state index contributed by atoms with van der Waals surface area (Å²) in [6.07, 6.45) is 1.51. The van der Waals surface area contributed by atoms with Gasteiger partial charge < -0.3 is 5.73 Å². The van der Waals surface area contributed by atoms with E-state index in [9.17, 15) is 8.42 Å². The Balaban J connectivity index is 2.78. The summed E-state index contributed by atoms with van der Waals surface area (Å²) in [4.78, 5) is -0.0169. The van der Waals surface area contributed by atoms with Gasteiger partial charge in [-0.2, -0.15) is 5.10 Å². The summed E-state index contributed by atoms with van der Waals surface area (Å²) >= 11 is 0. The minimum absolute atomic E-state index is 0.0169. The van der Waals surface area contributed by atoms with E-state index in [0.29, 0.717) is 16.9 Å². The van der Waals surface area contributed by atoms with E-state index in [0.717, 1.165) is 0 Å². The quantitative estimate of drug-likeness (QED) is 0.653. The van der Waals surface area contributed by atoms with Crippen molar-refractivity contribution in [1.82, 2.24) is 10.2 Å². The maximum Gasteiger partial charge on any atom is 0.238 e. The molecule has 1 aromatic heterocycles. The summed E-state index contributed by atoms with van der Waals surface area (Å²) < 4.78 is 22.8. The van der Waals surface area contributed by atoms with Crippen LogP contribution in [0.25, 0.3) is 11.3 Å². The Kier molecular flexibility index (Phi) is 2.41. The van der Waals surface area contributed by atoms with Crippen molar-refractivity contribution in [3.8, 4) is 11.3 Å². The molecule has 0 aliphatic heterocycles. The Hall–Kier alpha value is -1.86. The lowest BCUT2D eigenvalue weighted by atomic mass is 10.1. The zero-order valence-electron chi connectivity index (χ0n) is 8.21. The number of hydrogen-bond donors (Lipinski definition) is 3. The minimum atomic E-state index is -3.81. The van der Waals surface area contributed by atoms with Gasteiger partial charge in [-0.05, 0) is 18.2 Å². The van der Waals surface area contributed by atoms with Gasteiger partial charge in [0.25, 0.3) is 0 Å². The summed E-state index contributed by atoms with van der Waals surface area (Å²) in [7, 11) is -3.81. The molecule has 0 amide bonds. The third-order valence-electron chi connectivity index (χ3n) is 2.14. The number of sulfonamides is 1. The topological polar surface area (TPSA) is 115 Å². The van der Waals surface area contributed by atoms with E-state index in [1.54, 1.807) is 12.1 Å². The number of hydrogen-bond acceptors (Lipinski definition) is 4. The van der Waals surface area contributed by atoms with Crippen molar-refractivity contribution in [3.05, 3.63) is 30.5 Å². The van der Waals surface area contributed by atoms with E-state index in [1.165, 1.54) is 18.3 Å². The molecule has 0 radical (unpaired) electrons. The summed E-state index contributed by atoms with van der Waals surface area (Å²) in [6.45, 7) is 0. The van der Waals surface area contributed by atoms with Crippen LogP contribution in [0.5, 0.6) is 0 Å². The molecular weight excluding hydrogens is 228 g/mol. The van der Waals surface area contributed by atoms with Crippen molar-refractivity contribution in [3.63, 3.8) is 0 Å². The molecule has 1 aromatic carbocycles. The van der Waals surface area contributed by atoms with Gasteiger partial charge in [-0.1, -0.05) is 6.07 Å². The number of aromatic amines is 1. The molecule has 0 aliphatic rings. The third kappa shape index (κ3) is 1.77. The molecule has 1 heterocycles. The molecule has 7 heteroatoms. The average molecular weight is 238 g/mol. The van der Waals surface area contributed by atoms with Crippen molar-refractivity contribution in [2.24, 2.45) is 5.14 Å². The Morgan fingerprint density at radius 1 is 1.25 bits per heavy atom. The number of anilines is 1. The highest BCUT2D eigenvalue weighted by Gasteiger charge is 2.18. The van der Waals surface area contributed by atoms with E-state index in [1.807, 2.05) is 0 Å². The van der Waals surface area contributed by atoms with Crippen LogP contribution in [0.3, 0.4) is 0 Å². The molecule has 0 aliphatic carbocycles. The standard InChI is InChI=1S/C9H10N4O2S/c10-6-2-1-3-8(16(11,14)15)9(6)7-4-5-12-13-7/h1-5H,10H2,(H,12,13)(H2,11,14,15). The van der Waals surface area contributed by atoms with Crippen molar-refractivity contribution < 1.29 is 8.42 Å². The number of aromatic nitrogens is 2. The molecule has 0 saturated heterocycles. The first kappa shape index (κ1) is 10.7. The number of benzene rings is 1. The maximum atomic E-state index is 11.4. The second-order valence-electron chi connectivity index (χ2n) is 3.24. The molecule has 6 nitrogen and oxygen atoms in total. The number of nitrogens with zero attached hydrogens (tertiary/aromatic N) is 1. The SMILES string of the molecule is Nc1cccc(S(N)(=O)=O)c1-c1ccn[nH]1. The first-order chi connectivity index (χ1) is 7.50. The van der Waals surface area contributed by atoms with E-state index in [-0.39, 0.29) is 4.90 Å². The first-order valence-corrected chi connectivity index (χ1v) is 5.96. The summed E-state index contributed by atoms with van der Waals surface area (Å²) in [5.74, 6) is 0. The van der Waals surface area contributed by atoms with E-state index in [2.05, 4.69) is 10.2 Å². The van der Waals surface area contributed by atoms with Gasteiger partial charge in [0, 0.05) is 17.4 Å². The van der Waals surface area contributed by atoms with E-state index >= 15 is 0 Å². The molecule has 0 fully saturated rings. The largest absolute Gasteiger partial charge is 0.398 e. The predicted octanol–water partition coefficient (Wildman–Crippen LogP) is 0.306. The second-order valence-corrected chi connectivity index (χ2v) is 4.77. The molecule has 5 N–H and O–H groups in total. The second kappa shape index (κ2) is 3.62. The average Bonchev–Trinajstić information content (AvgIpc) is 2.68. The van der Waals surface area contributed by atoms with Crippen LogP contribution in [0, 0.1) is 0 Å². The Morgan fingerprint density at radius 3 is 2.56 bits per heavy atom. The number of primary sulfonamides is 1. The molecule has 2 aromatic rings. The highest BCUT2D eigenvalue weighted by atomic mass is 32.2. The highest BCUT2D eigenvalue weighted by molar-refractivity contribution is 7.89. The smallest absolute Gasteiger partial charge is 0.238 e. The van der Waals surface area contributed by atoms with Gasteiger partial charge in [0.2, 0.25) is 10.0 Å². The predicted molar refractivity (Wildman–Crippen MR) is 59.8 cm³/mol. The number of nitrogens with one attached hydrogen (secondary N) is 1. The lowest BCUT2D eigenvalue weighted by Crippen LogP contribution is -2.14. The molecule has 2 rings (SSSR count). The van der Waals surface area contributed by atoms with E-state index < -0.39 is 10.0 Å². The van der Waals surface area contributed by atoms with Crippen molar-refractivity contribution in [2.45, 2.75) is 4.90 Å². The van der Waals surface area contributed by atoms with Crippen LogP contribution in [0.2, 0.25) is 0 Å². The molecule has 0 saturated carbocycles. The number of nitrogens with two attached hydrogens (primary N) is 2. The summed E-state index contributed by atoms with van der Waals surface area (Å²) in [5.41, 5.74) is 6.94. The van der Waals surface area contributed by atoms with Gasteiger partial charge in [0.05, 0.1) is 10.6 Å². The van der Waals surface area contributed by atoms with Crippen LogP contribution < -0.4 is 10.9 Å². The fourth-order valence-electron chi connectivity index (χ4n) is 1.47. The van der Waals surface area contributed by atoms with Crippen LogP contribution in [0.4, 0.5) is 5.69 Å². The molecule has 0 unspecified atom stereocenters. The van der Waals surface area contributed by atoms with Gasteiger partial charge in [-0.25, -0.2) is 13.6 Å². The van der Waals surface area contributed by atoms with Crippen LogP contribution in [0.1, 0.15) is 0 Å². The first-order valence-electron chi connectivity index (χ1n) is 4.41. The Morgan fingerprint density at radius 2 is 2.00 bits per heavy atom. The number of rotatable bonds is 2. The van der Waals surface area contributed by atoms with Crippen LogP contribution in [-0.4, -0.2) is 18.6 Å². The van der Waals surface area contributed by atoms with Crippen molar-refractivity contribution in [1.29, 1.82) is 0 Å². The Labute approximate surface area is 92.3 Å². The van der Waals surface area contributed by atoms with Gasteiger partial charge in [0.1, 0.15) is 0 Å². The van der Waals surface area contributed by atoms with Gasteiger partial charge in [-0.15, -0.1) is 0 Å². The van der Waals surface area contributed by atoms with Crippen LogP contribution in [0.15, 0.2) is 35.4 Å². The zero-order valence-corrected chi connectivity index (χ0v) is 9.03. The molecule has 0 bridgehead atoms. The number of nitrogen functional groups attached to an aromatic ring is 1. The molecule has 0 spiro atoms. The van der Waals surface area contributed by atoms with Crippen molar-refractivity contribution in [2.75, 3.05) is 5.73 Å². The molecule has 0 atom stereocenters. The van der Waals surface area contributed by atoms with Gasteiger partial charge >= 0.3 is 0 Å². The highest BCUT2D eigenvalue weighted by Crippen LogP contribution is 2.30. The van der Waals surface area contributed by atoms with Crippen molar-refractivity contribution >= 4 is 15.7 Å². The fourth-order valence-corrected chi connectivity index (χ4v) is 2.25. The zero-order chi connectivity index (χ0) is 11.8. The summed E-state index contributed by atoms with van der Waals surface area (Å²) in [5, 5.41) is 11.5. The Bertz CT molecular complexity index is 604. The summed E-state index contributed by atoms with van der Waals surface area (Å²) in [6, 6.07) is 6.17. The third-order valence-corrected chi connectivity index (χ3v) is 3.09. The molecule has 84 valence electrons. The number of H-pyrrole nitrogens is 1. The lowest BCUT2D eigenvalue weighted by molar-refractivity contribution is 0.598. The minimum Gasteiger partial charge on any atom is -0.398 e. The van der Waals surface area contributed by atoms with Crippen LogP contribution >= 0.6 is 0 Å². The van der Waals surface area contributed by atoms with E-state index in [4.69, 9.17) is 10.9 Å². The van der Waals surface area contributed by atoms with Gasteiger partial charge in [0.15, 0.2) is 0 Å². The molecular formula is C9H10N4O2S. The normalized spacial score (nSPS) is 11.6.